The topological polar surface area (TPSA) is 46.5 Å². The minimum Gasteiger partial charge on any atom is -0.469 e. The summed E-state index contributed by atoms with van der Waals surface area (Å²) in [6.07, 6.45) is 3.64. The Morgan fingerprint density at radius 2 is 1.89 bits per heavy atom. The summed E-state index contributed by atoms with van der Waals surface area (Å²) >= 11 is 0. The van der Waals surface area contributed by atoms with E-state index in [1.54, 1.807) is 0 Å². The summed E-state index contributed by atoms with van der Waals surface area (Å²) in [5.41, 5.74) is 1.46. The molecule has 2 rings (SSSR count). The van der Waals surface area contributed by atoms with Crippen LogP contribution < -0.4 is 0 Å². The average molecular weight is 262 g/mol. The van der Waals surface area contributed by atoms with E-state index in [4.69, 9.17) is 4.74 Å². The second-order valence-corrected chi connectivity index (χ2v) is 5.38. The van der Waals surface area contributed by atoms with Crippen molar-refractivity contribution in [1.82, 2.24) is 0 Å². The Hall–Kier alpha value is -1.35. The molecule has 1 aromatic rings. The molecule has 1 aliphatic carbocycles. The fraction of sp³-hybridized carbons (Fsp3) is 0.562. The van der Waals surface area contributed by atoms with Crippen LogP contribution in [0.2, 0.25) is 0 Å². The zero-order valence-electron chi connectivity index (χ0n) is 11.7. The number of hydrogen-bond acceptors (Lipinski definition) is 3. The van der Waals surface area contributed by atoms with Crippen molar-refractivity contribution in [3.8, 4) is 0 Å². The number of methoxy groups -OCH3 is 1. The van der Waals surface area contributed by atoms with E-state index in [1.165, 1.54) is 12.7 Å². The minimum atomic E-state index is -0.781. The van der Waals surface area contributed by atoms with Gasteiger partial charge in [0.05, 0.1) is 18.6 Å². The third kappa shape index (κ3) is 2.98. The summed E-state index contributed by atoms with van der Waals surface area (Å²) in [4.78, 5) is 11.5. The predicted molar refractivity (Wildman–Crippen MR) is 73.7 cm³/mol. The molecule has 3 heteroatoms. The first-order valence-electron chi connectivity index (χ1n) is 6.98. The van der Waals surface area contributed by atoms with Crippen LogP contribution in [0.15, 0.2) is 24.3 Å². The van der Waals surface area contributed by atoms with Gasteiger partial charge in [-0.3, -0.25) is 4.79 Å². The number of aryl methyl sites for hydroxylation is 1. The molecule has 0 amide bonds. The molecule has 0 spiro atoms. The molecule has 0 bridgehead atoms. The monoisotopic (exact) mass is 262 g/mol. The molecule has 104 valence electrons. The molecular weight excluding hydrogens is 240 g/mol. The van der Waals surface area contributed by atoms with E-state index >= 15 is 0 Å². The van der Waals surface area contributed by atoms with Crippen LogP contribution in [0.25, 0.3) is 0 Å². The molecule has 1 fully saturated rings. The van der Waals surface area contributed by atoms with Gasteiger partial charge in [0.1, 0.15) is 0 Å². The smallest absolute Gasteiger partial charge is 0.308 e. The lowest BCUT2D eigenvalue weighted by Gasteiger charge is -2.35. The van der Waals surface area contributed by atoms with Gasteiger partial charge in [-0.2, -0.15) is 0 Å². The predicted octanol–water partition coefficient (Wildman–Crippen LogP) is 2.80. The number of carbonyl (C=O) groups is 1. The minimum absolute atomic E-state index is 0.0554. The highest BCUT2D eigenvalue weighted by Gasteiger charge is 2.37. The van der Waals surface area contributed by atoms with Crippen molar-refractivity contribution in [2.24, 2.45) is 5.92 Å². The lowest BCUT2D eigenvalue weighted by molar-refractivity contribution is -0.148. The standard InChI is InChI=1S/C16H22O3/c1-3-12-4-6-14(7-5-12)16(18)10-8-13(9-11-16)15(17)19-2/h4-7,13,18H,3,8-11H2,1-2H3. The van der Waals surface area contributed by atoms with E-state index in [1.807, 2.05) is 12.1 Å². The van der Waals surface area contributed by atoms with Crippen molar-refractivity contribution < 1.29 is 14.6 Å². The molecule has 1 aromatic carbocycles. The van der Waals surface area contributed by atoms with E-state index in [-0.39, 0.29) is 11.9 Å². The zero-order chi connectivity index (χ0) is 13.9. The summed E-state index contributed by atoms with van der Waals surface area (Å²) in [7, 11) is 1.42. The third-order valence-electron chi connectivity index (χ3n) is 4.25. The molecule has 0 atom stereocenters. The Morgan fingerprint density at radius 1 is 1.32 bits per heavy atom. The second kappa shape index (κ2) is 5.74. The molecule has 0 aromatic heterocycles. The highest BCUT2D eigenvalue weighted by Crippen LogP contribution is 2.39. The number of benzene rings is 1. The third-order valence-corrected chi connectivity index (χ3v) is 4.25. The lowest BCUT2D eigenvalue weighted by Crippen LogP contribution is -2.34. The molecule has 0 saturated heterocycles. The molecule has 0 unspecified atom stereocenters. The highest BCUT2D eigenvalue weighted by molar-refractivity contribution is 5.72. The van der Waals surface area contributed by atoms with Crippen molar-refractivity contribution in [1.29, 1.82) is 0 Å². The summed E-state index contributed by atoms with van der Waals surface area (Å²) in [5.74, 6) is -0.205. The maximum Gasteiger partial charge on any atom is 0.308 e. The van der Waals surface area contributed by atoms with Crippen LogP contribution >= 0.6 is 0 Å². The van der Waals surface area contributed by atoms with E-state index in [2.05, 4.69) is 19.1 Å². The average Bonchev–Trinajstić information content (AvgIpc) is 2.47. The van der Waals surface area contributed by atoms with Gasteiger partial charge in [0.25, 0.3) is 0 Å². The zero-order valence-corrected chi connectivity index (χ0v) is 11.7. The van der Waals surface area contributed by atoms with Gasteiger partial charge in [0.2, 0.25) is 0 Å². The molecule has 1 aliphatic rings. The largest absolute Gasteiger partial charge is 0.469 e. The summed E-state index contributed by atoms with van der Waals surface area (Å²) < 4.78 is 4.77. The molecule has 0 heterocycles. The maximum absolute atomic E-state index is 11.5. The molecular formula is C16H22O3. The quantitative estimate of drug-likeness (QED) is 0.852. The van der Waals surface area contributed by atoms with Gasteiger partial charge in [-0.1, -0.05) is 31.2 Å². The van der Waals surface area contributed by atoms with Gasteiger partial charge in [-0.15, -0.1) is 0 Å². The van der Waals surface area contributed by atoms with Crippen molar-refractivity contribution >= 4 is 5.97 Å². The number of hydrogen-bond donors (Lipinski definition) is 1. The van der Waals surface area contributed by atoms with Crippen LogP contribution in [0.3, 0.4) is 0 Å². The van der Waals surface area contributed by atoms with Crippen molar-refractivity contribution in [2.45, 2.75) is 44.6 Å². The molecule has 3 nitrogen and oxygen atoms in total. The van der Waals surface area contributed by atoms with Crippen LogP contribution in [0.5, 0.6) is 0 Å². The normalized spacial score (nSPS) is 27.0. The number of rotatable bonds is 3. The van der Waals surface area contributed by atoms with Crippen molar-refractivity contribution in [2.75, 3.05) is 7.11 Å². The molecule has 1 N–H and O–H groups in total. The first-order valence-corrected chi connectivity index (χ1v) is 6.98. The summed E-state index contributed by atoms with van der Waals surface area (Å²) in [6, 6.07) is 8.16. The van der Waals surface area contributed by atoms with Crippen molar-refractivity contribution in [3.05, 3.63) is 35.4 Å². The SMILES string of the molecule is CCc1ccc(C2(O)CCC(C(=O)OC)CC2)cc1. The first-order chi connectivity index (χ1) is 9.09. The van der Waals surface area contributed by atoms with E-state index < -0.39 is 5.60 Å². The fourth-order valence-corrected chi connectivity index (χ4v) is 2.84. The Kier molecular flexibility index (Phi) is 4.25. The molecule has 1 saturated carbocycles. The van der Waals surface area contributed by atoms with Gasteiger partial charge in [0.15, 0.2) is 0 Å². The lowest BCUT2D eigenvalue weighted by atomic mass is 9.75. The van der Waals surface area contributed by atoms with Crippen LogP contribution in [-0.4, -0.2) is 18.2 Å². The molecule has 0 radical (unpaired) electrons. The Labute approximate surface area is 114 Å². The number of ether oxygens (including phenoxy) is 1. The number of carbonyl (C=O) groups excluding carboxylic acids is 1. The van der Waals surface area contributed by atoms with Crippen LogP contribution in [0.4, 0.5) is 0 Å². The summed E-state index contributed by atoms with van der Waals surface area (Å²) in [5, 5.41) is 10.7. The van der Waals surface area contributed by atoms with E-state index in [0.29, 0.717) is 25.7 Å². The van der Waals surface area contributed by atoms with Gasteiger partial charge >= 0.3 is 5.97 Å². The van der Waals surface area contributed by atoms with Gasteiger partial charge in [-0.25, -0.2) is 0 Å². The maximum atomic E-state index is 11.5. The first kappa shape index (κ1) is 14.1. The second-order valence-electron chi connectivity index (χ2n) is 5.38. The van der Waals surface area contributed by atoms with Crippen LogP contribution in [-0.2, 0) is 21.6 Å². The van der Waals surface area contributed by atoms with E-state index in [0.717, 1.165) is 12.0 Å². The number of aliphatic hydroxyl groups is 1. The van der Waals surface area contributed by atoms with E-state index in [9.17, 15) is 9.90 Å². The fourth-order valence-electron chi connectivity index (χ4n) is 2.84. The van der Waals surface area contributed by atoms with Gasteiger partial charge in [0, 0.05) is 0 Å². The Bertz CT molecular complexity index is 428. The Morgan fingerprint density at radius 3 is 2.37 bits per heavy atom. The Balaban J connectivity index is 2.06. The highest BCUT2D eigenvalue weighted by atomic mass is 16.5. The van der Waals surface area contributed by atoms with Gasteiger partial charge < -0.3 is 9.84 Å². The van der Waals surface area contributed by atoms with Crippen LogP contribution in [0, 0.1) is 5.92 Å². The van der Waals surface area contributed by atoms with Gasteiger partial charge in [-0.05, 0) is 43.2 Å². The number of esters is 1. The van der Waals surface area contributed by atoms with Crippen molar-refractivity contribution in [3.63, 3.8) is 0 Å². The van der Waals surface area contributed by atoms with Crippen LogP contribution in [0.1, 0.15) is 43.7 Å². The molecule has 0 aliphatic heterocycles. The summed E-state index contributed by atoms with van der Waals surface area (Å²) in [6.45, 7) is 2.12. The molecule has 19 heavy (non-hydrogen) atoms.